The summed E-state index contributed by atoms with van der Waals surface area (Å²) in [6, 6.07) is 0.180. The molecule has 6 nitrogen and oxygen atoms in total. The lowest BCUT2D eigenvalue weighted by atomic mass is 10.1. The van der Waals surface area contributed by atoms with E-state index in [1.54, 1.807) is 7.11 Å². The normalized spacial score (nSPS) is 19.9. The van der Waals surface area contributed by atoms with Crippen LogP contribution in [0.2, 0.25) is 0 Å². The SMILES string of the molecule is COCCOCCOCCN1CCCC1CC(=O)O. The Balaban J connectivity index is 1.97. The Morgan fingerprint density at radius 3 is 2.58 bits per heavy atom. The molecule has 1 rings (SSSR count). The first-order valence-electron chi connectivity index (χ1n) is 6.84. The molecule has 0 aliphatic carbocycles. The smallest absolute Gasteiger partial charge is 0.304 e. The Bertz CT molecular complexity index is 249. The van der Waals surface area contributed by atoms with E-state index < -0.39 is 5.97 Å². The second kappa shape index (κ2) is 10.1. The maximum absolute atomic E-state index is 10.7. The predicted molar refractivity (Wildman–Crippen MR) is 70.4 cm³/mol. The zero-order valence-electron chi connectivity index (χ0n) is 11.7. The molecule has 0 radical (unpaired) electrons. The zero-order valence-corrected chi connectivity index (χ0v) is 11.7. The summed E-state index contributed by atoms with van der Waals surface area (Å²) in [5.41, 5.74) is 0. The van der Waals surface area contributed by atoms with Crippen molar-refractivity contribution < 1.29 is 24.1 Å². The fourth-order valence-corrected chi connectivity index (χ4v) is 2.27. The molecule has 1 aliphatic rings. The molecule has 1 heterocycles. The van der Waals surface area contributed by atoms with Gasteiger partial charge in [-0.1, -0.05) is 0 Å². The number of carboxylic acids is 1. The molecule has 1 N–H and O–H groups in total. The van der Waals surface area contributed by atoms with Crippen molar-refractivity contribution in [1.82, 2.24) is 4.90 Å². The van der Waals surface area contributed by atoms with E-state index in [0.29, 0.717) is 33.0 Å². The lowest BCUT2D eigenvalue weighted by Crippen LogP contribution is -2.34. The Hall–Kier alpha value is -0.690. The molecule has 1 fully saturated rings. The van der Waals surface area contributed by atoms with E-state index in [4.69, 9.17) is 19.3 Å². The van der Waals surface area contributed by atoms with Crippen LogP contribution in [0.25, 0.3) is 0 Å². The minimum Gasteiger partial charge on any atom is -0.481 e. The molecule has 1 aliphatic heterocycles. The number of hydrogen-bond donors (Lipinski definition) is 1. The van der Waals surface area contributed by atoms with Gasteiger partial charge in [0.05, 0.1) is 39.5 Å². The topological polar surface area (TPSA) is 68.2 Å². The highest BCUT2D eigenvalue weighted by Gasteiger charge is 2.25. The quantitative estimate of drug-likeness (QED) is 0.557. The largest absolute Gasteiger partial charge is 0.481 e. The molecule has 1 saturated heterocycles. The van der Waals surface area contributed by atoms with Crippen LogP contribution < -0.4 is 0 Å². The summed E-state index contributed by atoms with van der Waals surface area (Å²) in [6.07, 6.45) is 2.30. The lowest BCUT2D eigenvalue weighted by Gasteiger charge is -2.22. The number of ether oxygens (including phenoxy) is 3. The molecule has 0 aromatic heterocycles. The highest BCUT2D eigenvalue weighted by molar-refractivity contribution is 5.67. The van der Waals surface area contributed by atoms with Gasteiger partial charge in [0, 0.05) is 19.7 Å². The molecule has 1 unspecified atom stereocenters. The summed E-state index contributed by atoms with van der Waals surface area (Å²) in [5.74, 6) is -0.718. The molecule has 0 aromatic rings. The van der Waals surface area contributed by atoms with Gasteiger partial charge in [0.15, 0.2) is 0 Å². The molecule has 1 atom stereocenters. The summed E-state index contributed by atoms with van der Waals surface area (Å²) < 4.78 is 15.6. The van der Waals surface area contributed by atoms with Crippen molar-refractivity contribution in [1.29, 1.82) is 0 Å². The molecular formula is C13H25NO5. The number of carbonyl (C=O) groups is 1. The van der Waals surface area contributed by atoms with Gasteiger partial charge in [-0.05, 0) is 19.4 Å². The van der Waals surface area contributed by atoms with Crippen molar-refractivity contribution in [3.8, 4) is 0 Å². The van der Waals surface area contributed by atoms with Gasteiger partial charge in [0.1, 0.15) is 0 Å². The van der Waals surface area contributed by atoms with Crippen LogP contribution in [0.4, 0.5) is 0 Å². The van der Waals surface area contributed by atoms with E-state index in [2.05, 4.69) is 4.90 Å². The predicted octanol–water partition coefficient (Wildman–Crippen LogP) is 0.605. The molecule has 0 saturated carbocycles. The first-order chi connectivity index (χ1) is 9.24. The Kier molecular flexibility index (Phi) is 8.73. The Morgan fingerprint density at radius 2 is 1.89 bits per heavy atom. The van der Waals surface area contributed by atoms with Gasteiger partial charge in [0.25, 0.3) is 0 Å². The fourth-order valence-electron chi connectivity index (χ4n) is 2.27. The first kappa shape index (κ1) is 16.4. The third kappa shape index (κ3) is 7.47. The number of nitrogens with zero attached hydrogens (tertiary/aromatic N) is 1. The van der Waals surface area contributed by atoms with Gasteiger partial charge in [-0.3, -0.25) is 9.69 Å². The summed E-state index contributed by atoms with van der Waals surface area (Å²) in [7, 11) is 1.64. The monoisotopic (exact) mass is 275 g/mol. The van der Waals surface area contributed by atoms with Crippen molar-refractivity contribution >= 4 is 5.97 Å². The fraction of sp³-hybridized carbons (Fsp3) is 0.923. The molecule has 6 heteroatoms. The molecule has 0 spiro atoms. The van der Waals surface area contributed by atoms with Crippen LogP contribution in [0.3, 0.4) is 0 Å². The van der Waals surface area contributed by atoms with Crippen molar-refractivity contribution in [3.63, 3.8) is 0 Å². The molecule has 0 amide bonds. The van der Waals surface area contributed by atoms with E-state index in [0.717, 1.165) is 25.9 Å². The minimum atomic E-state index is -0.718. The van der Waals surface area contributed by atoms with Crippen LogP contribution >= 0.6 is 0 Å². The number of carboxylic acid groups (broad SMARTS) is 1. The van der Waals surface area contributed by atoms with Gasteiger partial charge in [0.2, 0.25) is 0 Å². The van der Waals surface area contributed by atoms with Crippen LogP contribution in [0.5, 0.6) is 0 Å². The molecule has 0 bridgehead atoms. The summed E-state index contributed by atoms with van der Waals surface area (Å²) in [5, 5.41) is 8.82. The number of likely N-dealkylation sites (tertiary alicyclic amines) is 1. The maximum Gasteiger partial charge on any atom is 0.304 e. The highest BCUT2D eigenvalue weighted by atomic mass is 16.5. The highest BCUT2D eigenvalue weighted by Crippen LogP contribution is 2.19. The van der Waals surface area contributed by atoms with Gasteiger partial charge in [-0.25, -0.2) is 0 Å². The summed E-state index contributed by atoms with van der Waals surface area (Å²) in [4.78, 5) is 12.9. The van der Waals surface area contributed by atoms with Gasteiger partial charge < -0.3 is 19.3 Å². The average Bonchev–Trinajstić information content (AvgIpc) is 2.79. The van der Waals surface area contributed by atoms with Crippen molar-refractivity contribution in [2.24, 2.45) is 0 Å². The van der Waals surface area contributed by atoms with Crippen LogP contribution in [0.15, 0.2) is 0 Å². The average molecular weight is 275 g/mol. The van der Waals surface area contributed by atoms with Crippen molar-refractivity contribution in [2.45, 2.75) is 25.3 Å². The van der Waals surface area contributed by atoms with E-state index in [-0.39, 0.29) is 12.5 Å². The molecular weight excluding hydrogens is 250 g/mol. The van der Waals surface area contributed by atoms with Gasteiger partial charge >= 0.3 is 5.97 Å². The molecule has 0 aromatic carbocycles. The maximum atomic E-state index is 10.7. The zero-order chi connectivity index (χ0) is 13.9. The van der Waals surface area contributed by atoms with Crippen molar-refractivity contribution in [2.75, 3.05) is 53.2 Å². The van der Waals surface area contributed by atoms with Crippen LogP contribution in [-0.2, 0) is 19.0 Å². The van der Waals surface area contributed by atoms with E-state index in [9.17, 15) is 4.79 Å². The van der Waals surface area contributed by atoms with Crippen LogP contribution in [-0.4, -0.2) is 75.3 Å². The number of hydrogen-bond acceptors (Lipinski definition) is 5. The van der Waals surface area contributed by atoms with Crippen LogP contribution in [0, 0.1) is 0 Å². The third-order valence-electron chi connectivity index (χ3n) is 3.24. The molecule has 112 valence electrons. The number of aliphatic carboxylic acids is 1. The van der Waals surface area contributed by atoms with E-state index >= 15 is 0 Å². The third-order valence-corrected chi connectivity index (χ3v) is 3.24. The number of rotatable bonds is 11. The van der Waals surface area contributed by atoms with E-state index in [1.165, 1.54) is 0 Å². The number of methoxy groups -OCH3 is 1. The second-order valence-corrected chi connectivity index (χ2v) is 4.65. The Morgan fingerprint density at radius 1 is 1.21 bits per heavy atom. The van der Waals surface area contributed by atoms with Gasteiger partial charge in [-0.2, -0.15) is 0 Å². The standard InChI is InChI=1S/C13H25NO5/c1-17-7-8-19-10-9-18-6-5-14-4-2-3-12(14)11-13(15)16/h12H,2-11H2,1H3,(H,15,16). The Labute approximate surface area is 114 Å². The minimum absolute atomic E-state index is 0.180. The van der Waals surface area contributed by atoms with Crippen molar-refractivity contribution in [3.05, 3.63) is 0 Å². The van der Waals surface area contributed by atoms with Gasteiger partial charge in [-0.15, -0.1) is 0 Å². The summed E-state index contributed by atoms with van der Waals surface area (Å²) >= 11 is 0. The summed E-state index contributed by atoms with van der Waals surface area (Å²) in [6.45, 7) is 4.74. The van der Waals surface area contributed by atoms with Crippen LogP contribution in [0.1, 0.15) is 19.3 Å². The first-order valence-corrected chi connectivity index (χ1v) is 6.84. The lowest BCUT2D eigenvalue weighted by molar-refractivity contribution is -0.138. The molecule has 19 heavy (non-hydrogen) atoms. The van der Waals surface area contributed by atoms with E-state index in [1.807, 2.05) is 0 Å². The second-order valence-electron chi connectivity index (χ2n) is 4.65.